The number of esters is 1. The van der Waals surface area contributed by atoms with Crippen molar-refractivity contribution >= 4 is 11.6 Å². The number of hydrogen-bond donors (Lipinski definition) is 0. The van der Waals surface area contributed by atoms with Crippen LogP contribution < -0.4 is 0 Å². The smallest absolute Gasteiger partial charge is 0.338 e. The predicted octanol–water partition coefficient (Wildman–Crippen LogP) is 2.01. The van der Waals surface area contributed by atoms with E-state index in [4.69, 9.17) is 9.47 Å². The summed E-state index contributed by atoms with van der Waals surface area (Å²) in [7, 11) is 1.38. The van der Waals surface area contributed by atoms with Gasteiger partial charge in [0.2, 0.25) is 0 Å². The topological polar surface area (TPSA) is 52.8 Å². The van der Waals surface area contributed by atoms with Gasteiger partial charge in [0.25, 0.3) is 0 Å². The first-order valence-corrected chi connectivity index (χ1v) is 6.42. The third kappa shape index (κ3) is 2.33. The van der Waals surface area contributed by atoms with Crippen LogP contribution in [0, 0.1) is 0 Å². The SMILES string of the molecule is COC(=O)c1ccn2cc(C3CCOCC3)nc2c1. The Hall–Kier alpha value is -1.88. The molecule has 1 aliphatic rings. The Morgan fingerprint density at radius 3 is 3.00 bits per heavy atom. The Bertz CT molecular complexity index is 600. The maximum absolute atomic E-state index is 11.5. The van der Waals surface area contributed by atoms with E-state index in [1.165, 1.54) is 7.11 Å². The Labute approximate surface area is 111 Å². The van der Waals surface area contributed by atoms with Gasteiger partial charge in [-0.2, -0.15) is 0 Å². The first-order chi connectivity index (χ1) is 9.28. The summed E-state index contributed by atoms with van der Waals surface area (Å²) < 4.78 is 12.0. The first-order valence-electron chi connectivity index (χ1n) is 6.42. The lowest BCUT2D eigenvalue weighted by atomic mass is 9.97. The highest BCUT2D eigenvalue weighted by atomic mass is 16.5. The molecule has 0 spiro atoms. The Morgan fingerprint density at radius 2 is 2.26 bits per heavy atom. The number of nitrogens with zero attached hydrogens (tertiary/aromatic N) is 2. The predicted molar refractivity (Wildman–Crippen MR) is 69.3 cm³/mol. The van der Waals surface area contributed by atoms with Crippen LogP contribution in [0.5, 0.6) is 0 Å². The summed E-state index contributed by atoms with van der Waals surface area (Å²) in [5.74, 6) is 0.119. The van der Waals surface area contributed by atoms with E-state index in [0.717, 1.165) is 37.4 Å². The van der Waals surface area contributed by atoms with Crippen molar-refractivity contribution in [2.24, 2.45) is 0 Å². The average Bonchev–Trinajstić information content (AvgIpc) is 2.90. The second-order valence-electron chi connectivity index (χ2n) is 4.72. The molecule has 0 saturated carbocycles. The van der Waals surface area contributed by atoms with Crippen molar-refractivity contribution in [3.63, 3.8) is 0 Å². The van der Waals surface area contributed by atoms with E-state index in [1.807, 2.05) is 16.8 Å². The number of carbonyl (C=O) groups excluding carboxylic acids is 1. The second kappa shape index (κ2) is 5.01. The first kappa shape index (κ1) is 12.2. The van der Waals surface area contributed by atoms with Gasteiger partial charge in [0.05, 0.1) is 18.4 Å². The fraction of sp³-hybridized carbons (Fsp3) is 0.429. The minimum atomic E-state index is -0.335. The van der Waals surface area contributed by atoms with Gasteiger partial charge < -0.3 is 13.9 Å². The summed E-state index contributed by atoms with van der Waals surface area (Å²) in [6.07, 6.45) is 5.89. The molecule has 2 aromatic rings. The number of ether oxygens (including phenoxy) is 2. The van der Waals surface area contributed by atoms with Crippen molar-refractivity contribution in [1.82, 2.24) is 9.38 Å². The zero-order chi connectivity index (χ0) is 13.2. The van der Waals surface area contributed by atoms with E-state index in [0.29, 0.717) is 11.5 Å². The fourth-order valence-corrected chi connectivity index (χ4v) is 2.44. The molecule has 19 heavy (non-hydrogen) atoms. The van der Waals surface area contributed by atoms with Crippen molar-refractivity contribution in [3.8, 4) is 0 Å². The third-order valence-electron chi connectivity index (χ3n) is 3.54. The van der Waals surface area contributed by atoms with Crippen molar-refractivity contribution < 1.29 is 14.3 Å². The molecule has 1 aliphatic heterocycles. The van der Waals surface area contributed by atoms with Gasteiger partial charge in [0.15, 0.2) is 0 Å². The maximum atomic E-state index is 11.5. The van der Waals surface area contributed by atoms with Gasteiger partial charge in [0, 0.05) is 31.5 Å². The molecule has 1 fully saturated rings. The molecule has 5 heteroatoms. The maximum Gasteiger partial charge on any atom is 0.338 e. The quantitative estimate of drug-likeness (QED) is 0.775. The standard InChI is InChI=1S/C14H16N2O3/c1-18-14(17)11-2-5-16-9-12(15-13(16)8-11)10-3-6-19-7-4-10/h2,5,8-10H,3-4,6-7H2,1H3. The van der Waals surface area contributed by atoms with E-state index in [2.05, 4.69) is 4.98 Å². The summed E-state index contributed by atoms with van der Waals surface area (Å²) in [4.78, 5) is 16.1. The zero-order valence-electron chi connectivity index (χ0n) is 10.8. The average molecular weight is 260 g/mol. The minimum Gasteiger partial charge on any atom is -0.465 e. The van der Waals surface area contributed by atoms with Crippen LogP contribution in [0.4, 0.5) is 0 Å². The molecule has 5 nitrogen and oxygen atoms in total. The molecule has 0 bridgehead atoms. The molecule has 0 N–H and O–H groups in total. The van der Waals surface area contributed by atoms with E-state index in [9.17, 15) is 4.79 Å². The molecule has 3 heterocycles. The summed E-state index contributed by atoms with van der Waals surface area (Å²) in [5, 5.41) is 0. The molecule has 0 aromatic carbocycles. The lowest BCUT2D eigenvalue weighted by molar-refractivity contribution is 0.0600. The van der Waals surface area contributed by atoms with Crippen molar-refractivity contribution in [3.05, 3.63) is 35.8 Å². The summed E-state index contributed by atoms with van der Waals surface area (Å²) in [6, 6.07) is 3.50. The lowest BCUT2D eigenvalue weighted by Crippen LogP contribution is -2.14. The number of pyridine rings is 1. The molecule has 0 radical (unpaired) electrons. The van der Waals surface area contributed by atoms with Gasteiger partial charge in [0.1, 0.15) is 5.65 Å². The van der Waals surface area contributed by atoms with E-state index in [1.54, 1.807) is 12.1 Å². The monoisotopic (exact) mass is 260 g/mol. The van der Waals surface area contributed by atoms with Crippen LogP contribution in [0.15, 0.2) is 24.5 Å². The van der Waals surface area contributed by atoms with Crippen LogP contribution in [0.1, 0.15) is 34.8 Å². The molecular formula is C14H16N2O3. The van der Waals surface area contributed by atoms with Gasteiger partial charge in [-0.05, 0) is 25.0 Å². The molecular weight excluding hydrogens is 244 g/mol. The van der Waals surface area contributed by atoms with Crippen molar-refractivity contribution in [2.45, 2.75) is 18.8 Å². The van der Waals surface area contributed by atoms with E-state index < -0.39 is 0 Å². The Kier molecular flexibility index (Phi) is 3.21. The second-order valence-corrected chi connectivity index (χ2v) is 4.72. The van der Waals surface area contributed by atoms with Crippen LogP contribution in [0.3, 0.4) is 0 Å². The molecule has 1 saturated heterocycles. The normalized spacial score (nSPS) is 16.7. The van der Waals surface area contributed by atoms with Crippen molar-refractivity contribution in [1.29, 1.82) is 0 Å². The zero-order valence-corrected chi connectivity index (χ0v) is 10.8. The molecule has 3 rings (SSSR count). The van der Waals surface area contributed by atoms with Gasteiger partial charge in [-0.3, -0.25) is 0 Å². The fourth-order valence-electron chi connectivity index (χ4n) is 2.44. The highest BCUT2D eigenvalue weighted by Crippen LogP contribution is 2.26. The lowest BCUT2D eigenvalue weighted by Gasteiger charge is -2.19. The molecule has 2 aromatic heterocycles. The third-order valence-corrected chi connectivity index (χ3v) is 3.54. The Morgan fingerprint density at radius 1 is 1.47 bits per heavy atom. The van der Waals surface area contributed by atoms with Crippen LogP contribution in [-0.4, -0.2) is 35.7 Å². The number of fused-ring (bicyclic) bond motifs is 1. The molecule has 0 atom stereocenters. The van der Waals surface area contributed by atoms with Crippen molar-refractivity contribution in [2.75, 3.05) is 20.3 Å². The van der Waals surface area contributed by atoms with E-state index >= 15 is 0 Å². The van der Waals surface area contributed by atoms with Gasteiger partial charge in [-0.1, -0.05) is 0 Å². The number of carbonyl (C=O) groups is 1. The number of imidazole rings is 1. The number of methoxy groups -OCH3 is 1. The molecule has 100 valence electrons. The Balaban J connectivity index is 1.93. The summed E-state index contributed by atoms with van der Waals surface area (Å²) >= 11 is 0. The van der Waals surface area contributed by atoms with Crippen LogP contribution >= 0.6 is 0 Å². The van der Waals surface area contributed by atoms with Gasteiger partial charge >= 0.3 is 5.97 Å². The summed E-state index contributed by atoms with van der Waals surface area (Å²) in [6.45, 7) is 1.60. The highest BCUT2D eigenvalue weighted by molar-refractivity contribution is 5.90. The summed E-state index contributed by atoms with van der Waals surface area (Å²) in [5.41, 5.74) is 2.38. The highest BCUT2D eigenvalue weighted by Gasteiger charge is 2.19. The van der Waals surface area contributed by atoms with Crippen LogP contribution in [0.2, 0.25) is 0 Å². The minimum absolute atomic E-state index is 0.335. The van der Waals surface area contributed by atoms with Crippen LogP contribution in [0.25, 0.3) is 5.65 Å². The number of hydrogen-bond acceptors (Lipinski definition) is 4. The number of aromatic nitrogens is 2. The number of rotatable bonds is 2. The van der Waals surface area contributed by atoms with Crippen LogP contribution in [-0.2, 0) is 9.47 Å². The van der Waals surface area contributed by atoms with Gasteiger partial charge in [-0.15, -0.1) is 0 Å². The molecule has 0 aliphatic carbocycles. The largest absolute Gasteiger partial charge is 0.465 e. The molecule has 0 unspecified atom stereocenters. The van der Waals surface area contributed by atoms with Gasteiger partial charge in [-0.25, -0.2) is 9.78 Å². The van der Waals surface area contributed by atoms with E-state index in [-0.39, 0.29) is 5.97 Å². The molecule has 0 amide bonds.